The third-order valence-corrected chi connectivity index (χ3v) is 4.74. The van der Waals surface area contributed by atoms with E-state index in [1.54, 1.807) is 6.92 Å². The second-order valence-corrected chi connectivity index (χ2v) is 6.56. The monoisotopic (exact) mass is 326 g/mol. The molecule has 1 atom stereocenters. The van der Waals surface area contributed by atoms with Crippen molar-refractivity contribution >= 4 is 11.0 Å². The van der Waals surface area contributed by atoms with Crippen molar-refractivity contribution in [3.8, 4) is 0 Å². The van der Waals surface area contributed by atoms with Crippen LogP contribution in [0.15, 0.2) is 40.9 Å². The van der Waals surface area contributed by atoms with Crippen LogP contribution in [0.25, 0.3) is 11.0 Å². The highest BCUT2D eigenvalue weighted by molar-refractivity contribution is 5.77. The Labute approximate surface area is 140 Å². The minimum atomic E-state index is -0.563. The van der Waals surface area contributed by atoms with Gasteiger partial charge in [-0.25, -0.2) is 4.68 Å². The zero-order chi connectivity index (χ0) is 16.5. The molecule has 0 amide bonds. The number of hydrogen-bond donors (Lipinski definition) is 1. The van der Waals surface area contributed by atoms with Crippen LogP contribution >= 0.6 is 0 Å². The Hall–Kier alpha value is -2.18. The normalized spacial score (nSPS) is 18.2. The highest BCUT2D eigenvalue weighted by Crippen LogP contribution is 2.25. The number of likely N-dealkylation sites (tertiary alicyclic amines) is 1. The zero-order valence-corrected chi connectivity index (χ0v) is 13.8. The van der Waals surface area contributed by atoms with Crippen LogP contribution in [0.3, 0.4) is 0 Å². The summed E-state index contributed by atoms with van der Waals surface area (Å²) in [5.41, 5.74) is 1.59. The predicted molar refractivity (Wildman–Crippen MR) is 90.4 cm³/mol. The molecular formula is C18H22N4O2. The second-order valence-electron chi connectivity index (χ2n) is 6.56. The number of aliphatic hydroxyl groups is 1. The summed E-state index contributed by atoms with van der Waals surface area (Å²) >= 11 is 0. The molecule has 1 fully saturated rings. The van der Waals surface area contributed by atoms with Gasteiger partial charge in [0.05, 0.1) is 24.9 Å². The minimum Gasteiger partial charge on any atom is -0.460 e. The van der Waals surface area contributed by atoms with Crippen molar-refractivity contribution in [3.63, 3.8) is 0 Å². The predicted octanol–water partition coefficient (Wildman–Crippen LogP) is 2.91. The van der Waals surface area contributed by atoms with E-state index in [-0.39, 0.29) is 0 Å². The standard InChI is InChI=1S/C18H22N4O2/c1-13(23)17-12-22(20-19-17)15-6-8-21(9-7-15)11-16-10-14-4-2-3-5-18(14)24-16/h2-5,10,12-13,15,23H,6-9,11H2,1H3/t13-/m1/s1. The van der Waals surface area contributed by atoms with E-state index in [4.69, 9.17) is 4.42 Å². The van der Waals surface area contributed by atoms with Gasteiger partial charge in [-0.2, -0.15) is 0 Å². The van der Waals surface area contributed by atoms with Crippen molar-refractivity contribution < 1.29 is 9.52 Å². The molecule has 1 aliphatic rings. The van der Waals surface area contributed by atoms with Crippen LogP contribution in [0.4, 0.5) is 0 Å². The Morgan fingerprint density at radius 1 is 1.29 bits per heavy atom. The number of fused-ring (bicyclic) bond motifs is 1. The minimum absolute atomic E-state index is 0.358. The molecule has 0 unspecified atom stereocenters. The van der Waals surface area contributed by atoms with Crippen LogP contribution in [0.1, 0.15) is 43.4 Å². The summed E-state index contributed by atoms with van der Waals surface area (Å²) in [6.07, 6.45) is 3.36. The second kappa shape index (κ2) is 6.37. The lowest BCUT2D eigenvalue weighted by Gasteiger charge is -2.31. The van der Waals surface area contributed by atoms with Crippen LogP contribution in [0.5, 0.6) is 0 Å². The van der Waals surface area contributed by atoms with Gasteiger partial charge in [-0.3, -0.25) is 4.90 Å². The Bertz CT molecular complexity index is 782. The molecule has 0 spiro atoms. The number of benzene rings is 1. The van der Waals surface area contributed by atoms with E-state index in [0.717, 1.165) is 49.2 Å². The maximum absolute atomic E-state index is 9.57. The first kappa shape index (κ1) is 15.4. The van der Waals surface area contributed by atoms with Gasteiger partial charge in [0.25, 0.3) is 0 Å². The van der Waals surface area contributed by atoms with Gasteiger partial charge in [-0.1, -0.05) is 23.4 Å². The fraction of sp³-hybridized carbons (Fsp3) is 0.444. The number of furan rings is 1. The van der Waals surface area contributed by atoms with Gasteiger partial charge in [0.2, 0.25) is 0 Å². The number of nitrogens with zero attached hydrogens (tertiary/aromatic N) is 4. The molecule has 24 heavy (non-hydrogen) atoms. The summed E-state index contributed by atoms with van der Waals surface area (Å²) in [4.78, 5) is 2.42. The van der Waals surface area contributed by atoms with Crippen LogP contribution in [-0.2, 0) is 6.54 Å². The van der Waals surface area contributed by atoms with Crippen molar-refractivity contribution in [2.45, 2.75) is 38.5 Å². The molecule has 126 valence electrons. The summed E-state index contributed by atoms with van der Waals surface area (Å²) in [6, 6.07) is 10.6. The number of para-hydroxylation sites is 1. The zero-order valence-electron chi connectivity index (χ0n) is 13.8. The number of aromatic nitrogens is 3. The molecular weight excluding hydrogens is 304 g/mol. The van der Waals surface area contributed by atoms with E-state index in [9.17, 15) is 5.11 Å². The highest BCUT2D eigenvalue weighted by Gasteiger charge is 2.23. The van der Waals surface area contributed by atoms with Crippen molar-refractivity contribution in [2.24, 2.45) is 0 Å². The third kappa shape index (κ3) is 3.07. The first-order valence-electron chi connectivity index (χ1n) is 8.48. The third-order valence-electron chi connectivity index (χ3n) is 4.74. The smallest absolute Gasteiger partial charge is 0.134 e. The van der Waals surface area contributed by atoms with Gasteiger partial charge in [0.15, 0.2) is 0 Å². The molecule has 3 heterocycles. The Kier molecular flexibility index (Phi) is 4.08. The Morgan fingerprint density at radius 3 is 2.79 bits per heavy atom. The SMILES string of the molecule is C[C@@H](O)c1cn(C2CCN(Cc3cc4ccccc4o3)CC2)nn1. The molecule has 1 aromatic carbocycles. The molecule has 3 aromatic rings. The summed E-state index contributed by atoms with van der Waals surface area (Å²) in [6.45, 7) is 4.57. The van der Waals surface area contributed by atoms with E-state index in [1.807, 2.05) is 29.1 Å². The van der Waals surface area contributed by atoms with Gasteiger partial charge >= 0.3 is 0 Å². The van der Waals surface area contributed by atoms with E-state index >= 15 is 0 Å². The van der Waals surface area contributed by atoms with Crippen molar-refractivity contribution in [2.75, 3.05) is 13.1 Å². The van der Waals surface area contributed by atoms with Gasteiger partial charge < -0.3 is 9.52 Å². The van der Waals surface area contributed by atoms with Gasteiger partial charge in [-0.05, 0) is 31.9 Å². The molecule has 0 aliphatic carbocycles. The van der Waals surface area contributed by atoms with Gasteiger partial charge in [0.1, 0.15) is 17.0 Å². The molecule has 0 saturated carbocycles. The van der Waals surface area contributed by atoms with Crippen LogP contribution in [-0.4, -0.2) is 38.1 Å². The first-order valence-corrected chi connectivity index (χ1v) is 8.48. The van der Waals surface area contributed by atoms with Crippen molar-refractivity contribution in [3.05, 3.63) is 48.0 Å². The van der Waals surface area contributed by atoms with Gasteiger partial charge in [-0.15, -0.1) is 5.10 Å². The first-order chi connectivity index (χ1) is 11.7. The quantitative estimate of drug-likeness (QED) is 0.798. The highest BCUT2D eigenvalue weighted by atomic mass is 16.3. The molecule has 6 nitrogen and oxygen atoms in total. The summed E-state index contributed by atoms with van der Waals surface area (Å²) < 4.78 is 7.82. The Morgan fingerprint density at radius 2 is 2.08 bits per heavy atom. The molecule has 0 radical (unpaired) electrons. The number of piperidine rings is 1. The fourth-order valence-corrected chi connectivity index (χ4v) is 3.34. The van der Waals surface area contributed by atoms with Gasteiger partial charge in [0, 0.05) is 18.5 Å². The topological polar surface area (TPSA) is 67.3 Å². The average molecular weight is 326 g/mol. The largest absolute Gasteiger partial charge is 0.460 e. The lowest BCUT2D eigenvalue weighted by atomic mass is 10.1. The average Bonchev–Trinajstić information content (AvgIpc) is 3.22. The molecule has 1 saturated heterocycles. The van der Waals surface area contributed by atoms with Crippen LogP contribution in [0, 0.1) is 0 Å². The van der Waals surface area contributed by atoms with Crippen molar-refractivity contribution in [1.82, 2.24) is 19.9 Å². The number of hydrogen-bond acceptors (Lipinski definition) is 5. The maximum atomic E-state index is 9.57. The Balaban J connectivity index is 1.37. The van der Waals surface area contributed by atoms with Crippen LogP contribution < -0.4 is 0 Å². The molecule has 1 aliphatic heterocycles. The fourth-order valence-electron chi connectivity index (χ4n) is 3.34. The van der Waals surface area contributed by atoms with Crippen molar-refractivity contribution in [1.29, 1.82) is 0 Å². The lowest BCUT2D eigenvalue weighted by Crippen LogP contribution is -2.34. The van der Waals surface area contributed by atoms with E-state index < -0.39 is 6.10 Å². The maximum Gasteiger partial charge on any atom is 0.134 e. The summed E-state index contributed by atoms with van der Waals surface area (Å²) in [5.74, 6) is 1.02. The molecule has 0 bridgehead atoms. The lowest BCUT2D eigenvalue weighted by molar-refractivity contribution is 0.163. The van der Waals surface area contributed by atoms with E-state index in [0.29, 0.717) is 11.7 Å². The molecule has 4 rings (SSSR count). The number of aliphatic hydroxyl groups excluding tert-OH is 1. The number of rotatable bonds is 4. The van der Waals surface area contributed by atoms with E-state index in [1.165, 1.54) is 0 Å². The molecule has 1 N–H and O–H groups in total. The summed E-state index contributed by atoms with van der Waals surface area (Å²) in [5, 5.41) is 18.9. The summed E-state index contributed by atoms with van der Waals surface area (Å²) in [7, 11) is 0. The van der Waals surface area contributed by atoms with Crippen LogP contribution in [0.2, 0.25) is 0 Å². The molecule has 2 aromatic heterocycles. The molecule has 6 heteroatoms. The van der Waals surface area contributed by atoms with E-state index in [2.05, 4.69) is 27.3 Å².